The molecular formula is C7H16N2O5S. The van der Waals surface area contributed by atoms with E-state index in [0.717, 1.165) is 0 Å². The molecule has 0 aromatic rings. The fourth-order valence-corrected chi connectivity index (χ4v) is 1.86. The molecule has 8 heteroatoms. The summed E-state index contributed by atoms with van der Waals surface area (Å²) in [5.74, 6) is -1.31. The first-order valence-electron chi connectivity index (χ1n) is 4.39. The molecule has 0 aromatic carbocycles. The molecule has 1 unspecified atom stereocenters. The molecule has 1 atom stereocenters. The van der Waals surface area contributed by atoms with Crippen molar-refractivity contribution in [2.75, 3.05) is 13.2 Å². The number of rotatable bonds is 7. The third-order valence-corrected chi connectivity index (χ3v) is 2.60. The zero-order chi connectivity index (χ0) is 12.1. The fourth-order valence-electron chi connectivity index (χ4n) is 0.671. The van der Waals surface area contributed by atoms with E-state index in [-0.39, 0.29) is 12.5 Å². The van der Waals surface area contributed by atoms with Crippen molar-refractivity contribution in [3.05, 3.63) is 0 Å². The molecule has 90 valence electrons. The van der Waals surface area contributed by atoms with Gasteiger partial charge in [0.05, 0.1) is 6.61 Å². The second-order valence-electron chi connectivity index (χ2n) is 3.44. The Labute approximate surface area is 88.7 Å². The lowest BCUT2D eigenvalue weighted by molar-refractivity contribution is -0.139. The Bertz CT molecular complexity index is 301. The first-order chi connectivity index (χ1) is 6.78. The van der Waals surface area contributed by atoms with E-state index < -0.39 is 28.8 Å². The van der Waals surface area contributed by atoms with Gasteiger partial charge in [0.15, 0.2) is 0 Å². The summed E-state index contributed by atoms with van der Waals surface area (Å²) in [6.07, 6.45) is 0. The predicted octanol–water partition coefficient (Wildman–Crippen LogP) is -1.49. The molecule has 0 rings (SSSR count). The minimum atomic E-state index is -3.87. The summed E-state index contributed by atoms with van der Waals surface area (Å²) in [7, 11) is -3.87. The van der Waals surface area contributed by atoms with Crippen molar-refractivity contribution in [1.82, 2.24) is 9.44 Å². The number of carboxylic acid groups (broad SMARTS) is 1. The minimum Gasteiger partial charge on any atom is -0.480 e. The van der Waals surface area contributed by atoms with Crippen LogP contribution in [0, 0.1) is 5.92 Å². The molecule has 0 aliphatic rings. The van der Waals surface area contributed by atoms with Gasteiger partial charge >= 0.3 is 5.97 Å². The molecule has 0 aliphatic carbocycles. The Balaban J connectivity index is 4.30. The van der Waals surface area contributed by atoms with Crippen LogP contribution in [0.15, 0.2) is 0 Å². The van der Waals surface area contributed by atoms with E-state index in [1.807, 2.05) is 18.6 Å². The van der Waals surface area contributed by atoms with Gasteiger partial charge in [0.1, 0.15) is 6.04 Å². The van der Waals surface area contributed by atoms with Gasteiger partial charge in [0.25, 0.3) is 10.2 Å². The van der Waals surface area contributed by atoms with Gasteiger partial charge in [0.2, 0.25) is 0 Å². The topological polar surface area (TPSA) is 116 Å². The second-order valence-corrected chi connectivity index (χ2v) is 4.97. The van der Waals surface area contributed by atoms with Gasteiger partial charge in [0, 0.05) is 6.54 Å². The number of aliphatic hydroxyl groups excluding tert-OH is 1. The number of aliphatic carboxylic acids is 1. The minimum absolute atomic E-state index is 0.110. The molecule has 15 heavy (non-hydrogen) atoms. The molecule has 0 fully saturated rings. The first-order valence-corrected chi connectivity index (χ1v) is 5.87. The number of hydrogen-bond acceptors (Lipinski definition) is 4. The number of carbonyl (C=O) groups is 1. The highest BCUT2D eigenvalue weighted by Crippen LogP contribution is 1.91. The van der Waals surface area contributed by atoms with E-state index in [0.29, 0.717) is 0 Å². The zero-order valence-corrected chi connectivity index (χ0v) is 9.41. The smallest absolute Gasteiger partial charge is 0.324 e. The van der Waals surface area contributed by atoms with Gasteiger partial charge in [-0.1, -0.05) is 13.8 Å². The third-order valence-electron chi connectivity index (χ3n) is 1.46. The molecule has 0 heterocycles. The molecular weight excluding hydrogens is 224 g/mol. The van der Waals surface area contributed by atoms with E-state index in [4.69, 9.17) is 10.2 Å². The van der Waals surface area contributed by atoms with Gasteiger partial charge in [-0.25, -0.2) is 4.72 Å². The van der Waals surface area contributed by atoms with Crippen LogP contribution in [-0.4, -0.2) is 43.8 Å². The summed E-state index contributed by atoms with van der Waals surface area (Å²) in [6.45, 7) is 3.03. The van der Waals surface area contributed by atoms with Crippen LogP contribution >= 0.6 is 0 Å². The highest BCUT2D eigenvalue weighted by atomic mass is 32.2. The summed E-state index contributed by atoms with van der Waals surface area (Å²) in [5, 5.41) is 17.1. The maximum Gasteiger partial charge on any atom is 0.324 e. The maximum atomic E-state index is 11.2. The van der Waals surface area contributed by atoms with Gasteiger partial charge in [-0.15, -0.1) is 0 Å². The van der Waals surface area contributed by atoms with Gasteiger partial charge in [-0.2, -0.15) is 13.1 Å². The molecule has 0 aromatic heterocycles. The normalized spacial score (nSPS) is 14.1. The van der Waals surface area contributed by atoms with E-state index >= 15 is 0 Å². The van der Waals surface area contributed by atoms with Gasteiger partial charge < -0.3 is 10.2 Å². The lowest BCUT2D eigenvalue weighted by Crippen LogP contribution is -2.48. The highest BCUT2D eigenvalue weighted by molar-refractivity contribution is 7.87. The van der Waals surface area contributed by atoms with Crippen LogP contribution in [0.25, 0.3) is 0 Å². The Morgan fingerprint density at radius 2 is 1.93 bits per heavy atom. The van der Waals surface area contributed by atoms with Crippen molar-refractivity contribution in [2.24, 2.45) is 5.92 Å². The quantitative estimate of drug-likeness (QED) is 0.433. The Kier molecular flexibility index (Phi) is 5.73. The lowest BCUT2D eigenvalue weighted by atomic mass is 10.2. The molecule has 4 N–H and O–H groups in total. The Morgan fingerprint density at radius 1 is 1.40 bits per heavy atom. The van der Waals surface area contributed by atoms with Crippen LogP contribution in [-0.2, 0) is 15.0 Å². The Morgan fingerprint density at radius 3 is 2.27 bits per heavy atom. The standard InChI is InChI=1S/C7H16N2O5S/c1-5(2)3-8-15(13,14)9-6(4-10)7(11)12/h5-6,8-10H,3-4H2,1-2H3,(H,11,12). The summed E-state index contributed by atoms with van der Waals surface area (Å²) in [5.41, 5.74) is 0. The number of aliphatic hydroxyl groups is 1. The van der Waals surface area contributed by atoms with Crippen LogP contribution in [0.1, 0.15) is 13.8 Å². The number of nitrogens with one attached hydrogen (secondary N) is 2. The van der Waals surface area contributed by atoms with Gasteiger partial charge in [-0.3, -0.25) is 4.79 Å². The molecule has 0 spiro atoms. The SMILES string of the molecule is CC(C)CNS(=O)(=O)NC(CO)C(=O)O. The molecule has 0 saturated heterocycles. The molecule has 0 amide bonds. The molecule has 0 radical (unpaired) electrons. The van der Waals surface area contributed by atoms with Crippen molar-refractivity contribution in [3.8, 4) is 0 Å². The average molecular weight is 240 g/mol. The lowest BCUT2D eigenvalue weighted by Gasteiger charge is -2.13. The second kappa shape index (κ2) is 6.01. The van der Waals surface area contributed by atoms with Crippen molar-refractivity contribution in [1.29, 1.82) is 0 Å². The monoisotopic (exact) mass is 240 g/mol. The largest absolute Gasteiger partial charge is 0.480 e. The van der Waals surface area contributed by atoms with Crippen LogP contribution in [0.3, 0.4) is 0 Å². The van der Waals surface area contributed by atoms with Crippen LogP contribution in [0.2, 0.25) is 0 Å². The molecule has 7 nitrogen and oxygen atoms in total. The number of hydrogen-bond donors (Lipinski definition) is 4. The summed E-state index contributed by atoms with van der Waals surface area (Å²) in [6, 6.07) is -1.52. The first kappa shape index (κ1) is 14.3. The van der Waals surface area contributed by atoms with Crippen molar-refractivity contribution >= 4 is 16.2 Å². The summed E-state index contributed by atoms with van der Waals surface area (Å²) in [4.78, 5) is 10.4. The van der Waals surface area contributed by atoms with E-state index in [1.54, 1.807) is 0 Å². The van der Waals surface area contributed by atoms with Gasteiger partial charge in [-0.05, 0) is 5.92 Å². The van der Waals surface area contributed by atoms with Crippen molar-refractivity contribution < 1.29 is 23.4 Å². The predicted molar refractivity (Wildman–Crippen MR) is 53.4 cm³/mol. The molecule has 0 aliphatic heterocycles. The number of carboxylic acids is 1. The fraction of sp³-hybridized carbons (Fsp3) is 0.857. The van der Waals surface area contributed by atoms with Crippen LogP contribution in [0.5, 0.6) is 0 Å². The van der Waals surface area contributed by atoms with Crippen molar-refractivity contribution in [2.45, 2.75) is 19.9 Å². The summed E-state index contributed by atoms with van der Waals surface area (Å²) < 4.78 is 26.4. The van der Waals surface area contributed by atoms with Crippen molar-refractivity contribution in [3.63, 3.8) is 0 Å². The highest BCUT2D eigenvalue weighted by Gasteiger charge is 2.22. The van der Waals surface area contributed by atoms with E-state index in [2.05, 4.69) is 4.72 Å². The zero-order valence-electron chi connectivity index (χ0n) is 8.60. The molecule has 0 bridgehead atoms. The van der Waals surface area contributed by atoms with E-state index in [1.165, 1.54) is 0 Å². The third kappa shape index (κ3) is 6.39. The van der Waals surface area contributed by atoms with Crippen LogP contribution in [0.4, 0.5) is 0 Å². The Hall–Kier alpha value is -0.700. The van der Waals surface area contributed by atoms with E-state index in [9.17, 15) is 13.2 Å². The summed E-state index contributed by atoms with van der Waals surface area (Å²) >= 11 is 0. The van der Waals surface area contributed by atoms with Crippen LogP contribution < -0.4 is 9.44 Å². The molecule has 0 saturated carbocycles. The maximum absolute atomic E-state index is 11.2. The average Bonchev–Trinajstić information content (AvgIpc) is 2.11.